The van der Waals surface area contributed by atoms with E-state index in [2.05, 4.69) is 5.32 Å². The lowest BCUT2D eigenvalue weighted by molar-refractivity contribution is -0.385. The van der Waals surface area contributed by atoms with Crippen molar-refractivity contribution in [3.63, 3.8) is 0 Å². The highest BCUT2D eigenvalue weighted by Gasteiger charge is 2.40. The molecule has 0 radical (unpaired) electrons. The van der Waals surface area contributed by atoms with Crippen LogP contribution in [0.15, 0.2) is 51.7 Å². The van der Waals surface area contributed by atoms with E-state index in [4.69, 9.17) is 9.15 Å². The number of hydrogen-bond acceptors (Lipinski definition) is 9. The Bertz CT molecular complexity index is 1540. The fourth-order valence-corrected chi connectivity index (χ4v) is 4.22. The van der Waals surface area contributed by atoms with Crippen molar-refractivity contribution in [3.05, 3.63) is 79.7 Å². The molecule has 12 nitrogen and oxygen atoms in total. The predicted octanol–water partition coefficient (Wildman–Crippen LogP) is 3.60. The van der Waals surface area contributed by atoms with Crippen molar-refractivity contribution < 1.29 is 33.3 Å². The number of nitro groups is 1. The second-order valence-electron chi connectivity index (χ2n) is 8.91. The van der Waals surface area contributed by atoms with Crippen LogP contribution in [0.1, 0.15) is 70.1 Å². The minimum Gasteiger partial charge on any atom is -0.426 e. The average Bonchev–Trinajstić information content (AvgIpc) is 3.15. The zero-order chi connectivity index (χ0) is 28.1. The summed E-state index contributed by atoms with van der Waals surface area (Å²) in [5.41, 5.74) is -1.33. The summed E-state index contributed by atoms with van der Waals surface area (Å²) in [6.07, 6.45) is 2.10. The van der Waals surface area contributed by atoms with E-state index >= 15 is 0 Å². The second-order valence-corrected chi connectivity index (χ2v) is 8.91. The molecule has 3 aromatic rings. The third-order valence-corrected chi connectivity index (χ3v) is 6.16. The highest BCUT2D eigenvalue weighted by molar-refractivity contribution is 6.23. The molecule has 1 N–H and O–H groups in total. The summed E-state index contributed by atoms with van der Waals surface area (Å²) in [6, 6.07) is 9.85. The Morgan fingerprint density at radius 1 is 1.05 bits per heavy atom. The molecule has 1 aromatic heterocycles. The Kier molecular flexibility index (Phi) is 8.13. The molecule has 202 valence electrons. The Balaban J connectivity index is 1.27. The third kappa shape index (κ3) is 5.84. The molecule has 1 aliphatic rings. The van der Waals surface area contributed by atoms with Gasteiger partial charge >= 0.3 is 11.6 Å². The minimum absolute atomic E-state index is 0.0139. The molecule has 0 bridgehead atoms. The molecule has 3 amide bonds. The first kappa shape index (κ1) is 27.2. The van der Waals surface area contributed by atoms with Crippen LogP contribution in [0.3, 0.4) is 0 Å². The minimum atomic E-state index is -0.799. The molecular weight excluding hydrogens is 510 g/mol. The number of amides is 3. The molecule has 0 aliphatic carbocycles. The zero-order valence-electron chi connectivity index (χ0n) is 21.1. The van der Waals surface area contributed by atoms with E-state index in [0.29, 0.717) is 31.2 Å². The SMILES string of the molecule is CCCNC(=O)c1cc2ccc(OC(=O)CCCCCN3C(=O)c4cccc([N+](=O)[O-])c4C3=O)cc2oc1=O. The van der Waals surface area contributed by atoms with E-state index < -0.39 is 39.9 Å². The third-order valence-electron chi connectivity index (χ3n) is 6.16. The Morgan fingerprint density at radius 3 is 2.59 bits per heavy atom. The summed E-state index contributed by atoms with van der Waals surface area (Å²) in [5, 5.41) is 14.3. The standard InChI is InChI=1S/C27H25N3O9/c1-2-12-28-24(32)19-14-16-10-11-17(15-21(16)39-27(19)35)38-22(31)9-4-3-5-13-29-25(33)18-7-6-8-20(30(36)37)23(18)26(29)34/h6-8,10-11,14-15H,2-5,9,12-13H2,1H3,(H,28,32). The van der Waals surface area contributed by atoms with Crippen molar-refractivity contribution in [3.8, 4) is 5.75 Å². The number of benzene rings is 2. The van der Waals surface area contributed by atoms with Crippen LogP contribution in [-0.4, -0.2) is 46.6 Å². The van der Waals surface area contributed by atoms with E-state index in [1.54, 1.807) is 6.07 Å². The molecule has 1 aliphatic heterocycles. The van der Waals surface area contributed by atoms with Crippen molar-refractivity contribution in [2.75, 3.05) is 13.1 Å². The van der Waals surface area contributed by atoms with Gasteiger partial charge in [-0.2, -0.15) is 0 Å². The average molecular weight is 536 g/mol. The molecule has 0 saturated carbocycles. The van der Waals surface area contributed by atoms with Gasteiger partial charge in [0.1, 0.15) is 22.5 Å². The lowest BCUT2D eigenvalue weighted by Gasteiger charge is -2.13. The number of carbonyl (C=O) groups excluding carboxylic acids is 4. The quantitative estimate of drug-likeness (QED) is 0.0734. The van der Waals surface area contributed by atoms with Crippen LogP contribution in [0, 0.1) is 10.1 Å². The van der Waals surface area contributed by atoms with Gasteiger partial charge in [-0.1, -0.05) is 19.4 Å². The molecule has 4 rings (SSSR count). The highest BCUT2D eigenvalue weighted by atomic mass is 16.6. The molecule has 39 heavy (non-hydrogen) atoms. The van der Waals surface area contributed by atoms with Crippen LogP contribution in [0.5, 0.6) is 5.75 Å². The lowest BCUT2D eigenvalue weighted by atomic mass is 10.1. The van der Waals surface area contributed by atoms with E-state index in [-0.39, 0.29) is 41.0 Å². The second kappa shape index (κ2) is 11.7. The predicted molar refractivity (Wildman–Crippen MR) is 138 cm³/mol. The maximum atomic E-state index is 12.6. The van der Waals surface area contributed by atoms with Crippen molar-refractivity contribution in [2.45, 2.75) is 39.0 Å². The fraction of sp³-hybridized carbons (Fsp3) is 0.296. The van der Waals surface area contributed by atoms with Gasteiger partial charge in [0.05, 0.1) is 10.5 Å². The highest BCUT2D eigenvalue weighted by Crippen LogP contribution is 2.31. The number of carbonyl (C=O) groups is 4. The molecule has 12 heteroatoms. The summed E-state index contributed by atoms with van der Waals surface area (Å²) in [4.78, 5) is 73.2. The van der Waals surface area contributed by atoms with Crippen molar-refractivity contribution in [1.29, 1.82) is 0 Å². The largest absolute Gasteiger partial charge is 0.426 e. The normalized spacial score (nSPS) is 12.5. The van der Waals surface area contributed by atoms with Crippen LogP contribution in [-0.2, 0) is 4.79 Å². The first-order valence-electron chi connectivity index (χ1n) is 12.4. The van der Waals surface area contributed by atoms with Gasteiger partial charge in [-0.15, -0.1) is 0 Å². The molecule has 0 atom stereocenters. The van der Waals surface area contributed by atoms with Crippen molar-refractivity contribution in [2.24, 2.45) is 0 Å². The number of nitrogens with zero attached hydrogens (tertiary/aromatic N) is 2. The maximum Gasteiger partial charge on any atom is 0.349 e. The van der Waals surface area contributed by atoms with Crippen LogP contribution >= 0.6 is 0 Å². The van der Waals surface area contributed by atoms with Crippen LogP contribution < -0.4 is 15.7 Å². The van der Waals surface area contributed by atoms with Crippen molar-refractivity contribution in [1.82, 2.24) is 10.2 Å². The smallest absolute Gasteiger partial charge is 0.349 e. The van der Waals surface area contributed by atoms with Crippen LogP contribution in [0.25, 0.3) is 11.0 Å². The summed E-state index contributed by atoms with van der Waals surface area (Å²) < 4.78 is 10.6. The van der Waals surface area contributed by atoms with E-state index in [0.717, 1.165) is 11.3 Å². The number of nitrogens with one attached hydrogen (secondary N) is 1. The lowest BCUT2D eigenvalue weighted by Crippen LogP contribution is -2.30. The number of hydrogen-bond donors (Lipinski definition) is 1. The summed E-state index contributed by atoms with van der Waals surface area (Å²) in [7, 11) is 0. The number of imide groups is 1. The van der Waals surface area contributed by atoms with Gasteiger partial charge in [0, 0.05) is 37.0 Å². The molecule has 0 spiro atoms. The van der Waals surface area contributed by atoms with Crippen LogP contribution in [0.4, 0.5) is 5.69 Å². The van der Waals surface area contributed by atoms with Gasteiger partial charge in [0.15, 0.2) is 0 Å². The van der Waals surface area contributed by atoms with Crippen molar-refractivity contribution >= 4 is 40.3 Å². The molecule has 0 fully saturated rings. The first-order chi connectivity index (χ1) is 18.7. The fourth-order valence-electron chi connectivity index (χ4n) is 4.22. The summed E-state index contributed by atoms with van der Waals surface area (Å²) in [6.45, 7) is 2.39. The monoisotopic (exact) mass is 535 g/mol. The summed E-state index contributed by atoms with van der Waals surface area (Å²) >= 11 is 0. The first-order valence-corrected chi connectivity index (χ1v) is 12.4. The Hall–Kier alpha value is -4.87. The topological polar surface area (TPSA) is 166 Å². The molecule has 0 unspecified atom stereocenters. The number of rotatable bonds is 11. The zero-order valence-corrected chi connectivity index (χ0v) is 21.1. The molecule has 0 saturated heterocycles. The van der Waals surface area contributed by atoms with Gasteiger partial charge in [0.25, 0.3) is 23.4 Å². The molecule has 2 heterocycles. The number of unbranched alkanes of at least 4 members (excludes halogenated alkanes) is 2. The maximum absolute atomic E-state index is 12.6. The van der Waals surface area contributed by atoms with Gasteiger partial charge in [-0.05, 0) is 43.5 Å². The van der Waals surface area contributed by atoms with Gasteiger partial charge < -0.3 is 14.5 Å². The number of fused-ring (bicyclic) bond motifs is 2. The molecule has 2 aromatic carbocycles. The van der Waals surface area contributed by atoms with Crippen LogP contribution in [0.2, 0.25) is 0 Å². The number of esters is 1. The van der Waals surface area contributed by atoms with E-state index in [1.165, 1.54) is 36.4 Å². The molecular formula is C27H25N3O9. The Morgan fingerprint density at radius 2 is 1.85 bits per heavy atom. The number of ether oxygens (including phenoxy) is 1. The van der Waals surface area contributed by atoms with Gasteiger partial charge in [-0.25, -0.2) is 4.79 Å². The van der Waals surface area contributed by atoms with Gasteiger partial charge in [0.2, 0.25) is 0 Å². The van der Waals surface area contributed by atoms with E-state index in [9.17, 15) is 34.1 Å². The van der Waals surface area contributed by atoms with Gasteiger partial charge in [-0.3, -0.25) is 34.2 Å². The summed E-state index contributed by atoms with van der Waals surface area (Å²) in [5.74, 6) is -2.14. The number of nitro benzene ring substituents is 1. The Labute approximate surface area is 221 Å². The van der Waals surface area contributed by atoms with E-state index in [1.807, 2.05) is 6.92 Å².